The van der Waals surface area contributed by atoms with Crippen molar-refractivity contribution in [1.82, 2.24) is 4.98 Å². The summed E-state index contributed by atoms with van der Waals surface area (Å²) in [6.45, 7) is 1.72. The Hall–Kier alpha value is -1.98. The average Bonchev–Trinajstić information content (AvgIpc) is 2.49. The molecule has 0 radical (unpaired) electrons. The van der Waals surface area contributed by atoms with Gasteiger partial charge in [-0.15, -0.1) is 0 Å². The van der Waals surface area contributed by atoms with Crippen LogP contribution in [0.15, 0.2) is 42.5 Å². The molecule has 0 aliphatic rings. The quantitative estimate of drug-likeness (QED) is 0.548. The van der Waals surface area contributed by atoms with Crippen molar-refractivity contribution in [3.05, 3.63) is 63.8 Å². The number of alkyl halides is 3. The zero-order chi connectivity index (χ0) is 17.5. The van der Waals surface area contributed by atoms with E-state index in [1.54, 1.807) is 31.2 Å². The third kappa shape index (κ3) is 3.42. The Bertz CT molecular complexity index is 924. The van der Waals surface area contributed by atoms with Crippen molar-refractivity contribution >= 4 is 45.5 Å². The lowest BCUT2D eigenvalue weighted by atomic mass is 10.1. The van der Waals surface area contributed by atoms with Gasteiger partial charge in [-0.2, -0.15) is 13.2 Å². The van der Waals surface area contributed by atoms with Crippen LogP contribution >= 0.6 is 23.2 Å². The molecule has 0 atom stereocenters. The Labute approximate surface area is 146 Å². The topological polar surface area (TPSA) is 24.9 Å². The molecule has 3 aromatic rings. The van der Waals surface area contributed by atoms with Gasteiger partial charge in [-0.25, -0.2) is 0 Å². The van der Waals surface area contributed by atoms with Gasteiger partial charge in [-0.1, -0.05) is 29.3 Å². The Morgan fingerprint density at radius 3 is 2.38 bits per heavy atom. The summed E-state index contributed by atoms with van der Waals surface area (Å²) in [6, 6.07) is 10.3. The maximum absolute atomic E-state index is 12.9. The molecular formula is C17H11Cl2F3N2. The van der Waals surface area contributed by atoms with E-state index in [0.29, 0.717) is 32.5 Å². The predicted molar refractivity (Wildman–Crippen MR) is 91.2 cm³/mol. The lowest BCUT2D eigenvalue weighted by molar-refractivity contribution is -0.137. The van der Waals surface area contributed by atoms with Crippen molar-refractivity contribution in [2.75, 3.05) is 5.32 Å². The smallest absolute Gasteiger partial charge is 0.355 e. The first kappa shape index (κ1) is 16.9. The van der Waals surface area contributed by atoms with Crippen LogP contribution < -0.4 is 5.32 Å². The van der Waals surface area contributed by atoms with E-state index in [1.807, 2.05) is 0 Å². The minimum atomic E-state index is -4.41. The van der Waals surface area contributed by atoms with Crippen LogP contribution in [0.1, 0.15) is 11.3 Å². The van der Waals surface area contributed by atoms with Crippen molar-refractivity contribution < 1.29 is 13.2 Å². The minimum absolute atomic E-state index is 0.271. The van der Waals surface area contributed by atoms with Gasteiger partial charge >= 0.3 is 6.18 Å². The monoisotopic (exact) mass is 370 g/mol. The molecule has 0 spiro atoms. The number of aromatic nitrogens is 1. The highest BCUT2D eigenvalue weighted by molar-refractivity contribution is 6.42. The number of pyridine rings is 1. The van der Waals surface area contributed by atoms with Crippen LogP contribution in [0.2, 0.25) is 10.0 Å². The summed E-state index contributed by atoms with van der Waals surface area (Å²) in [4.78, 5) is 4.20. The summed E-state index contributed by atoms with van der Waals surface area (Å²) in [5.74, 6) is 0. The van der Waals surface area contributed by atoms with Crippen molar-refractivity contribution in [2.24, 2.45) is 0 Å². The second-order valence-electron chi connectivity index (χ2n) is 5.29. The number of aryl methyl sites for hydroxylation is 1. The fraction of sp³-hybridized carbons (Fsp3) is 0.118. The molecule has 0 saturated carbocycles. The minimum Gasteiger partial charge on any atom is -0.355 e. The number of hydrogen-bond acceptors (Lipinski definition) is 2. The third-order valence-electron chi connectivity index (χ3n) is 3.46. The fourth-order valence-corrected chi connectivity index (χ4v) is 2.67. The summed E-state index contributed by atoms with van der Waals surface area (Å²) in [5.41, 5.74) is 1.46. The molecular weight excluding hydrogens is 360 g/mol. The number of benzene rings is 2. The first-order valence-corrected chi connectivity index (χ1v) is 7.70. The summed E-state index contributed by atoms with van der Waals surface area (Å²) >= 11 is 11.9. The van der Waals surface area contributed by atoms with Crippen LogP contribution in [0.5, 0.6) is 0 Å². The van der Waals surface area contributed by atoms with E-state index in [1.165, 1.54) is 6.07 Å². The lowest BCUT2D eigenvalue weighted by Crippen LogP contribution is -2.05. The van der Waals surface area contributed by atoms with Crippen LogP contribution in [-0.2, 0) is 6.18 Å². The summed E-state index contributed by atoms with van der Waals surface area (Å²) in [6.07, 6.45) is -4.41. The van der Waals surface area contributed by atoms with E-state index in [0.717, 1.165) is 12.1 Å². The molecule has 124 valence electrons. The molecule has 1 N–H and O–H groups in total. The number of rotatable bonds is 2. The van der Waals surface area contributed by atoms with Gasteiger partial charge in [-0.05, 0) is 43.3 Å². The number of halogens is 5. The van der Waals surface area contributed by atoms with E-state index in [4.69, 9.17) is 23.2 Å². The largest absolute Gasteiger partial charge is 0.416 e. The Morgan fingerprint density at radius 2 is 1.71 bits per heavy atom. The van der Waals surface area contributed by atoms with E-state index in [-0.39, 0.29) is 5.52 Å². The van der Waals surface area contributed by atoms with E-state index < -0.39 is 11.7 Å². The molecule has 2 aromatic carbocycles. The summed E-state index contributed by atoms with van der Waals surface area (Å²) < 4.78 is 38.6. The third-order valence-corrected chi connectivity index (χ3v) is 4.20. The number of hydrogen-bond donors (Lipinski definition) is 1. The molecule has 0 fully saturated rings. The molecule has 7 heteroatoms. The van der Waals surface area contributed by atoms with Crippen LogP contribution in [0, 0.1) is 6.92 Å². The maximum atomic E-state index is 12.9. The molecule has 0 unspecified atom stereocenters. The molecule has 1 heterocycles. The van der Waals surface area contributed by atoms with Gasteiger partial charge in [0.25, 0.3) is 0 Å². The molecule has 24 heavy (non-hydrogen) atoms. The first-order chi connectivity index (χ1) is 11.2. The maximum Gasteiger partial charge on any atom is 0.416 e. The zero-order valence-electron chi connectivity index (χ0n) is 12.4. The number of nitrogens with zero attached hydrogens (tertiary/aromatic N) is 1. The van der Waals surface area contributed by atoms with Crippen LogP contribution in [0.3, 0.4) is 0 Å². The highest BCUT2D eigenvalue weighted by Crippen LogP contribution is 2.34. The molecule has 3 rings (SSSR count). The van der Waals surface area contributed by atoms with Crippen molar-refractivity contribution in [1.29, 1.82) is 0 Å². The highest BCUT2D eigenvalue weighted by Gasteiger charge is 2.30. The SMILES string of the molecule is Cc1cc(Nc2ccc(Cl)c(Cl)c2)c2ccc(C(F)(F)F)cc2n1. The van der Waals surface area contributed by atoms with E-state index in [9.17, 15) is 13.2 Å². The molecule has 0 saturated heterocycles. The van der Waals surface area contributed by atoms with Gasteiger partial charge in [0.1, 0.15) is 0 Å². The first-order valence-electron chi connectivity index (χ1n) is 6.95. The number of fused-ring (bicyclic) bond motifs is 1. The van der Waals surface area contributed by atoms with Crippen molar-refractivity contribution in [3.8, 4) is 0 Å². The standard InChI is InChI=1S/C17H11Cl2F3N2/c1-9-6-15(24-11-3-5-13(18)14(19)8-11)12-4-2-10(17(20,21)22)7-16(12)23-9/h2-8H,1H3,(H,23,24). The van der Waals surface area contributed by atoms with Gasteiger partial charge in [0.2, 0.25) is 0 Å². The van der Waals surface area contributed by atoms with Gasteiger partial charge in [-0.3, -0.25) is 4.98 Å². The van der Waals surface area contributed by atoms with E-state index in [2.05, 4.69) is 10.3 Å². The highest BCUT2D eigenvalue weighted by atomic mass is 35.5. The van der Waals surface area contributed by atoms with Gasteiger partial charge in [0, 0.05) is 22.5 Å². The van der Waals surface area contributed by atoms with Crippen molar-refractivity contribution in [2.45, 2.75) is 13.1 Å². The summed E-state index contributed by atoms with van der Waals surface area (Å²) in [5, 5.41) is 4.54. The predicted octanol–water partition coefficient (Wildman–Crippen LogP) is 6.61. The van der Waals surface area contributed by atoms with E-state index >= 15 is 0 Å². The molecule has 0 amide bonds. The Morgan fingerprint density at radius 1 is 0.958 bits per heavy atom. The molecule has 0 aliphatic carbocycles. The average molecular weight is 371 g/mol. The molecule has 0 aliphatic heterocycles. The lowest BCUT2D eigenvalue weighted by Gasteiger charge is -2.13. The second kappa shape index (κ2) is 6.15. The summed E-state index contributed by atoms with van der Waals surface area (Å²) in [7, 11) is 0. The molecule has 2 nitrogen and oxygen atoms in total. The van der Waals surface area contributed by atoms with Gasteiger partial charge in [0.15, 0.2) is 0 Å². The Balaban J connectivity index is 2.08. The van der Waals surface area contributed by atoms with Crippen LogP contribution in [-0.4, -0.2) is 4.98 Å². The Kier molecular flexibility index (Phi) is 4.32. The zero-order valence-corrected chi connectivity index (χ0v) is 13.9. The van der Waals surface area contributed by atoms with Gasteiger partial charge in [0.05, 0.1) is 21.1 Å². The van der Waals surface area contributed by atoms with Crippen molar-refractivity contribution in [3.63, 3.8) is 0 Å². The number of anilines is 2. The number of nitrogens with one attached hydrogen (secondary N) is 1. The molecule has 0 bridgehead atoms. The van der Waals surface area contributed by atoms with Gasteiger partial charge < -0.3 is 5.32 Å². The second-order valence-corrected chi connectivity index (χ2v) is 6.11. The fourth-order valence-electron chi connectivity index (χ4n) is 2.37. The van der Waals surface area contributed by atoms with Crippen LogP contribution in [0.4, 0.5) is 24.5 Å². The normalized spacial score (nSPS) is 11.8. The molecule has 1 aromatic heterocycles. The van der Waals surface area contributed by atoms with Crippen LogP contribution in [0.25, 0.3) is 10.9 Å².